The van der Waals surface area contributed by atoms with Gasteiger partial charge < -0.3 is 39.9 Å². The van der Waals surface area contributed by atoms with Gasteiger partial charge in [-0.3, -0.25) is 4.79 Å². The summed E-state index contributed by atoms with van der Waals surface area (Å²) in [7, 11) is 0. The number of benzene rings is 2. The first-order valence-electron chi connectivity index (χ1n) is 18.3. The lowest BCUT2D eigenvalue weighted by Crippen LogP contribution is -2.54. The number of fused-ring (bicyclic) bond motifs is 1. The molecule has 4 amide bonds. The van der Waals surface area contributed by atoms with Gasteiger partial charge >= 0.3 is 24.5 Å². The number of rotatable bonds is 7. The maximum absolute atomic E-state index is 14.0. The van der Waals surface area contributed by atoms with Gasteiger partial charge in [-0.15, -0.1) is 0 Å². The second-order valence-corrected chi connectivity index (χ2v) is 14.7. The topological polar surface area (TPSA) is 126 Å². The lowest BCUT2D eigenvalue weighted by molar-refractivity contribution is -0.143. The van der Waals surface area contributed by atoms with Crippen molar-refractivity contribution in [3.8, 4) is 0 Å². The molecule has 0 radical (unpaired) electrons. The lowest BCUT2D eigenvalue weighted by Gasteiger charge is -2.44. The van der Waals surface area contributed by atoms with Gasteiger partial charge in [0.2, 0.25) is 0 Å². The molecule has 4 heterocycles. The van der Waals surface area contributed by atoms with Crippen LogP contribution < -0.4 is 5.32 Å². The van der Waals surface area contributed by atoms with E-state index in [4.69, 9.17) is 4.74 Å². The number of anilines is 1. The molecule has 54 heavy (non-hydrogen) atoms. The number of aliphatic hydroxyl groups is 2. The summed E-state index contributed by atoms with van der Waals surface area (Å²) in [6, 6.07) is 8.16. The first kappa shape index (κ1) is 39.6. The molecule has 2 aromatic carbocycles. The highest BCUT2D eigenvalue weighted by molar-refractivity contribution is 5.91. The Labute approximate surface area is 308 Å². The average Bonchev–Trinajstić information content (AvgIpc) is 3.32. The van der Waals surface area contributed by atoms with Gasteiger partial charge in [0, 0.05) is 70.0 Å². The molecule has 296 valence electrons. The number of hydrogen-bond donors (Lipinski definition) is 3. The third-order valence-electron chi connectivity index (χ3n) is 11.2. The van der Waals surface area contributed by atoms with Crippen molar-refractivity contribution in [1.29, 1.82) is 0 Å². The molecule has 0 aromatic heterocycles. The van der Waals surface area contributed by atoms with Crippen molar-refractivity contribution in [3.63, 3.8) is 0 Å². The van der Waals surface area contributed by atoms with Crippen LogP contribution in [0.1, 0.15) is 60.8 Å². The molecule has 17 heteroatoms. The zero-order valence-corrected chi connectivity index (χ0v) is 29.7. The quantitative estimate of drug-likeness (QED) is 0.334. The van der Waals surface area contributed by atoms with E-state index in [0.29, 0.717) is 76.7 Å². The molecule has 3 saturated heterocycles. The van der Waals surface area contributed by atoms with Crippen LogP contribution in [0, 0.1) is 0 Å². The second kappa shape index (κ2) is 15.9. The van der Waals surface area contributed by atoms with Crippen LogP contribution >= 0.6 is 0 Å². The summed E-state index contributed by atoms with van der Waals surface area (Å²) in [5.41, 5.74) is -2.94. The molecule has 3 fully saturated rings. The van der Waals surface area contributed by atoms with E-state index in [0.717, 1.165) is 11.3 Å². The molecular weight excluding hydrogens is 724 g/mol. The lowest BCUT2D eigenvalue weighted by atomic mass is 9.90. The Morgan fingerprint density at radius 2 is 1.41 bits per heavy atom. The molecule has 4 aliphatic rings. The minimum atomic E-state index is -5.10. The van der Waals surface area contributed by atoms with E-state index >= 15 is 0 Å². The van der Waals surface area contributed by atoms with E-state index in [1.165, 1.54) is 9.80 Å². The molecule has 0 bridgehead atoms. The highest BCUT2D eigenvalue weighted by Crippen LogP contribution is 2.37. The Balaban J connectivity index is 1.14. The van der Waals surface area contributed by atoms with Crippen molar-refractivity contribution >= 4 is 23.7 Å². The number of urea groups is 1. The number of hydrogen-bond acceptors (Lipinski definition) is 7. The molecule has 1 atom stereocenters. The molecule has 0 saturated carbocycles. The first-order chi connectivity index (χ1) is 25.5. The maximum atomic E-state index is 14.0. The van der Waals surface area contributed by atoms with Gasteiger partial charge in [0.05, 0.1) is 23.3 Å². The number of piperidine rings is 3. The maximum Gasteiger partial charge on any atom is 0.416 e. The number of para-hydroxylation sites is 1. The third-order valence-corrected chi connectivity index (χ3v) is 11.2. The molecule has 0 unspecified atom stereocenters. The predicted octanol–water partition coefficient (Wildman–Crippen LogP) is 5.14. The van der Waals surface area contributed by atoms with Gasteiger partial charge in [-0.2, -0.15) is 26.3 Å². The molecule has 0 aliphatic carbocycles. The standard InChI is InChI=1S/C37H45F6N5O6/c38-36(39,40)26-19-24(20-27(22-26)37(41,42)43)21-31(32(50)46-12-6-28(7-13-46)45-17-10-35(53,23-49)11-18-45)54-34(52)47-14-8-29(9-15-47)48-16-5-25-3-1-2-4-30(25)44-33(48)51/h1-4,19-20,22,28-29,31,49,53H,5-18,21,23H2,(H,44,51)/t31-/m1/s1. The van der Waals surface area contributed by atoms with Gasteiger partial charge in [0.15, 0.2) is 6.10 Å². The predicted molar refractivity (Wildman–Crippen MR) is 183 cm³/mol. The smallest absolute Gasteiger partial charge is 0.416 e. The zero-order chi connectivity index (χ0) is 38.8. The van der Waals surface area contributed by atoms with Crippen molar-refractivity contribution < 1.29 is 55.7 Å². The Morgan fingerprint density at radius 1 is 0.833 bits per heavy atom. The molecule has 2 aromatic rings. The minimum Gasteiger partial charge on any atom is -0.436 e. The van der Waals surface area contributed by atoms with Crippen LogP contribution in [0.5, 0.6) is 0 Å². The fourth-order valence-electron chi connectivity index (χ4n) is 7.94. The van der Waals surface area contributed by atoms with Gasteiger partial charge in [0.1, 0.15) is 0 Å². The van der Waals surface area contributed by atoms with Crippen molar-refractivity contribution in [1.82, 2.24) is 19.6 Å². The number of nitrogens with zero attached hydrogens (tertiary/aromatic N) is 4. The SMILES string of the molecule is O=C(O[C@H](Cc1cc(C(F)(F)F)cc(C(F)(F)F)c1)C(=O)N1CCC(N2CCC(O)(CO)CC2)CC1)N1CCC(N2CCc3ccccc3NC2=O)CC1. The highest BCUT2D eigenvalue weighted by atomic mass is 19.4. The first-order valence-corrected chi connectivity index (χ1v) is 18.3. The number of halogens is 6. The fraction of sp³-hybridized carbons (Fsp3) is 0.595. The van der Waals surface area contributed by atoms with Crippen LogP contribution in [-0.4, -0.2) is 124 Å². The van der Waals surface area contributed by atoms with E-state index in [-0.39, 0.29) is 57.0 Å². The Bertz CT molecular complexity index is 1630. The number of ether oxygens (including phenoxy) is 1. The van der Waals surface area contributed by atoms with E-state index < -0.39 is 59.2 Å². The Kier molecular flexibility index (Phi) is 11.7. The van der Waals surface area contributed by atoms with Crippen molar-refractivity contribution in [2.24, 2.45) is 0 Å². The third kappa shape index (κ3) is 9.22. The van der Waals surface area contributed by atoms with E-state index in [1.54, 1.807) is 4.90 Å². The van der Waals surface area contributed by atoms with Crippen LogP contribution in [-0.2, 0) is 34.7 Å². The number of carbonyl (C=O) groups is 3. The largest absolute Gasteiger partial charge is 0.436 e. The molecular formula is C37H45F6N5O6. The summed E-state index contributed by atoms with van der Waals surface area (Å²) < 4.78 is 88.0. The Morgan fingerprint density at radius 3 is 2.00 bits per heavy atom. The number of alkyl halides is 6. The molecule has 4 aliphatic heterocycles. The molecule has 3 N–H and O–H groups in total. The fourth-order valence-corrected chi connectivity index (χ4v) is 7.94. The highest BCUT2D eigenvalue weighted by Gasteiger charge is 2.41. The van der Waals surface area contributed by atoms with Crippen molar-refractivity contribution in [2.45, 2.75) is 87.5 Å². The molecule has 0 spiro atoms. The van der Waals surface area contributed by atoms with Gasteiger partial charge in [-0.25, -0.2) is 9.59 Å². The van der Waals surface area contributed by atoms with E-state index in [2.05, 4.69) is 10.2 Å². The Hall–Kier alpha value is -4.09. The molecule has 6 rings (SSSR count). The van der Waals surface area contributed by atoms with E-state index in [1.807, 2.05) is 24.3 Å². The molecule has 11 nitrogen and oxygen atoms in total. The van der Waals surface area contributed by atoms with E-state index in [9.17, 15) is 50.9 Å². The summed E-state index contributed by atoms with van der Waals surface area (Å²) in [6.45, 7) is 1.92. The van der Waals surface area contributed by atoms with Crippen LogP contribution in [0.25, 0.3) is 0 Å². The minimum absolute atomic E-state index is 0.00645. The van der Waals surface area contributed by atoms with Crippen LogP contribution in [0.3, 0.4) is 0 Å². The number of likely N-dealkylation sites (tertiary alicyclic amines) is 3. The average molecular weight is 770 g/mol. The zero-order valence-electron chi connectivity index (χ0n) is 29.7. The van der Waals surface area contributed by atoms with Crippen LogP contribution in [0.15, 0.2) is 42.5 Å². The van der Waals surface area contributed by atoms with Gasteiger partial charge in [-0.1, -0.05) is 18.2 Å². The normalized spacial score (nSPS) is 21.3. The number of carbonyl (C=O) groups excluding carboxylic acids is 3. The number of nitrogens with one attached hydrogen (secondary N) is 1. The summed E-state index contributed by atoms with van der Waals surface area (Å²) in [5.74, 6) is -0.725. The summed E-state index contributed by atoms with van der Waals surface area (Å²) in [5, 5.41) is 22.8. The summed E-state index contributed by atoms with van der Waals surface area (Å²) in [4.78, 5) is 47.2. The van der Waals surface area contributed by atoms with Crippen molar-refractivity contribution in [3.05, 3.63) is 64.7 Å². The van der Waals surface area contributed by atoms with Crippen LogP contribution in [0.2, 0.25) is 0 Å². The monoisotopic (exact) mass is 769 g/mol. The summed E-state index contributed by atoms with van der Waals surface area (Å²) >= 11 is 0. The van der Waals surface area contributed by atoms with Crippen LogP contribution in [0.4, 0.5) is 41.6 Å². The number of amides is 4. The van der Waals surface area contributed by atoms with Crippen molar-refractivity contribution in [2.75, 3.05) is 57.7 Å². The summed E-state index contributed by atoms with van der Waals surface area (Å²) in [6.07, 6.45) is -10.4. The number of aliphatic hydroxyl groups excluding tert-OH is 1. The van der Waals surface area contributed by atoms with Gasteiger partial charge in [-0.05, 0) is 80.3 Å². The second-order valence-electron chi connectivity index (χ2n) is 14.7. The van der Waals surface area contributed by atoms with Gasteiger partial charge in [0.25, 0.3) is 5.91 Å².